The van der Waals surface area contributed by atoms with Crippen molar-refractivity contribution >= 4 is 0 Å². The van der Waals surface area contributed by atoms with Gasteiger partial charge in [-0.3, -0.25) is 0 Å². The van der Waals surface area contributed by atoms with Crippen molar-refractivity contribution in [1.82, 2.24) is 0 Å². The Kier molecular flexibility index (Phi) is 3.38. The van der Waals surface area contributed by atoms with Crippen LogP contribution in [0.2, 0.25) is 0 Å². The molecule has 0 N–H and O–H groups in total. The second-order valence-electron chi connectivity index (χ2n) is 5.24. The monoisotopic (exact) mass is 238 g/mol. The summed E-state index contributed by atoms with van der Waals surface area (Å²) in [5.74, 6) is 0.0445. The minimum absolute atomic E-state index is 0.0703. The molecule has 0 aliphatic carbocycles. The molecule has 0 aromatic heterocycles. The Hall–Kier alpha value is -1.09. The third-order valence-corrected chi connectivity index (χ3v) is 3.14. The molecule has 1 aromatic rings. The lowest BCUT2D eigenvalue weighted by atomic mass is 10.1. The van der Waals surface area contributed by atoms with Gasteiger partial charge in [-0.2, -0.15) is 0 Å². The topological polar surface area (TPSA) is 18.5 Å². The number of aryl methyl sites for hydroxylation is 1. The molecular formula is C14H19FO2. The Labute approximate surface area is 102 Å². The maximum Gasteiger partial charge on any atom is 0.167 e. The van der Waals surface area contributed by atoms with Crippen molar-refractivity contribution in [1.29, 1.82) is 0 Å². The smallest absolute Gasteiger partial charge is 0.167 e. The number of hydrogen-bond acceptors (Lipinski definition) is 2. The first-order chi connectivity index (χ1) is 7.98. The number of benzene rings is 1. The molecular weight excluding hydrogens is 219 g/mol. The molecule has 1 unspecified atom stereocenters. The normalized spacial score (nSPS) is 22.7. The molecule has 0 spiro atoms. The molecule has 1 fully saturated rings. The van der Waals surface area contributed by atoms with E-state index in [-0.39, 0.29) is 17.5 Å². The summed E-state index contributed by atoms with van der Waals surface area (Å²) in [7, 11) is 0. The third kappa shape index (κ3) is 2.97. The van der Waals surface area contributed by atoms with Gasteiger partial charge >= 0.3 is 0 Å². The first-order valence-electron chi connectivity index (χ1n) is 6.04. The number of ether oxygens (including phenoxy) is 2. The van der Waals surface area contributed by atoms with E-state index in [2.05, 4.69) is 13.8 Å². The molecule has 1 aliphatic heterocycles. The molecule has 2 rings (SSSR count). The highest BCUT2D eigenvalue weighted by molar-refractivity contribution is 5.30. The van der Waals surface area contributed by atoms with Gasteiger partial charge in [0.25, 0.3) is 0 Å². The summed E-state index contributed by atoms with van der Waals surface area (Å²) in [4.78, 5) is 0. The lowest BCUT2D eigenvalue weighted by Crippen LogP contribution is -2.24. The van der Waals surface area contributed by atoms with Crippen molar-refractivity contribution in [3.05, 3.63) is 29.6 Å². The Morgan fingerprint density at radius 1 is 1.47 bits per heavy atom. The molecule has 17 heavy (non-hydrogen) atoms. The van der Waals surface area contributed by atoms with E-state index in [1.165, 1.54) is 0 Å². The highest BCUT2D eigenvalue weighted by Gasteiger charge is 2.32. The summed E-state index contributed by atoms with van der Waals surface area (Å²) in [6.07, 6.45) is 2.07. The Balaban J connectivity index is 1.93. The zero-order valence-corrected chi connectivity index (χ0v) is 10.6. The fraction of sp³-hybridized carbons (Fsp3) is 0.571. The van der Waals surface area contributed by atoms with E-state index in [9.17, 15) is 4.39 Å². The standard InChI is InChI=1S/C14H19FO2/c1-10-5-4-6-12(13(10)15)16-9-11-7-8-14(2,3)17-11/h4-6,11H,7-9H2,1-3H3. The van der Waals surface area contributed by atoms with Crippen LogP contribution in [-0.4, -0.2) is 18.3 Å². The first-order valence-corrected chi connectivity index (χ1v) is 6.04. The van der Waals surface area contributed by atoms with Crippen molar-refractivity contribution in [2.45, 2.75) is 45.3 Å². The average molecular weight is 238 g/mol. The van der Waals surface area contributed by atoms with Crippen LogP contribution in [0.5, 0.6) is 5.75 Å². The van der Waals surface area contributed by atoms with E-state index in [0.29, 0.717) is 17.9 Å². The fourth-order valence-electron chi connectivity index (χ4n) is 2.11. The molecule has 0 radical (unpaired) electrons. The molecule has 94 valence electrons. The second-order valence-corrected chi connectivity index (χ2v) is 5.24. The van der Waals surface area contributed by atoms with Crippen LogP contribution in [-0.2, 0) is 4.74 Å². The number of halogens is 1. The molecule has 2 nitrogen and oxygen atoms in total. The van der Waals surface area contributed by atoms with Gasteiger partial charge in [-0.25, -0.2) is 4.39 Å². The van der Waals surface area contributed by atoms with Crippen molar-refractivity contribution in [3.8, 4) is 5.75 Å². The van der Waals surface area contributed by atoms with E-state index in [4.69, 9.17) is 9.47 Å². The van der Waals surface area contributed by atoms with Gasteiger partial charge in [0.1, 0.15) is 6.61 Å². The molecule has 1 aromatic carbocycles. The summed E-state index contributed by atoms with van der Waals surface area (Å²) in [5, 5.41) is 0. The molecule has 1 saturated heterocycles. The molecule has 1 heterocycles. The summed E-state index contributed by atoms with van der Waals surface area (Å²) in [6, 6.07) is 5.19. The molecule has 0 saturated carbocycles. The lowest BCUT2D eigenvalue weighted by molar-refractivity contribution is -0.0330. The minimum Gasteiger partial charge on any atom is -0.488 e. The van der Waals surface area contributed by atoms with Gasteiger partial charge in [-0.15, -0.1) is 0 Å². The average Bonchev–Trinajstić information content (AvgIpc) is 2.61. The van der Waals surface area contributed by atoms with E-state index in [1.807, 2.05) is 0 Å². The molecule has 0 bridgehead atoms. The highest BCUT2D eigenvalue weighted by Crippen LogP contribution is 2.30. The van der Waals surface area contributed by atoms with E-state index < -0.39 is 0 Å². The largest absolute Gasteiger partial charge is 0.488 e. The Bertz CT molecular complexity index is 401. The quantitative estimate of drug-likeness (QED) is 0.802. The van der Waals surface area contributed by atoms with Gasteiger partial charge < -0.3 is 9.47 Å². The molecule has 1 atom stereocenters. The van der Waals surface area contributed by atoms with Crippen molar-refractivity contribution < 1.29 is 13.9 Å². The van der Waals surface area contributed by atoms with Crippen LogP contribution < -0.4 is 4.74 Å². The number of hydrogen-bond donors (Lipinski definition) is 0. The zero-order chi connectivity index (χ0) is 12.5. The highest BCUT2D eigenvalue weighted by atomic mass is 19.1. The number of rotatable bonds is 3. The van der Waals surface area contributed by atoms with Gasteiger partial charge in [0.05, 0.1) is 11.7 Å². The van der Waals surface area contributed by atoms with Crippen LogP contribution in [0.4, 0.5) is 4.39 Å². The fourth-order valence-corrected chi connectivity index (χ4v) is 2.11. The zero-order valence-electron chi connectivity index (χ0n) is 10.6. The second kappa shape index (κ2) is 4.65. The van der Waals surface area contributed by atoms with E-state index >= 15 is 0 Å². The van der Waals surface area contributed by atoms with Gasteiger partial charge in [0.2, 0.25) is 0 Å². The van der Waals surface area contributed by atoms with Crippen LogP contribution in [0.1, 0.15) is 32.3 Å². The van der Waals surface area contributed by atoms with Crippen LogP contribution >= 0.6 is 0 Å². The Morgan fingerprint density at radius 2 is 2.24 bits per heavy atom. The summed E-state index contributed by atoms with van der Waals surface area (Å²) < 4.78 is 24.9. The summed E-state index contributed by atoms with van der Waals surface area (Å²) in [6.45, 7) is 6.29. The maximum atomic E-state index is 13.7. The van der Waals surface area contributed by atoms with Crippen LogP contribution in [0.3, 0.4) is 0 Å². The minimum atomic E-state index is -0.273. The van der Waals surface area contributed by atoms with Crippen LogP contribution in [0.25, 0.3) is 0 Å². The van der Waals surface area contributed by atoms with Crippen LogP contribution in [0, 0.1) is 12.7 Å². The molecule has 3 heteroatoms. The van der Waals surface area contributed by atoms with Crippen molar-refractivity contribution in [2.75, 3.05) is 6.61 Å². The summed E-state index contributed by atoms with van der Waals surface area (Å²) in [5.41, 5.74) is 0.536. The van der Waals surface area contributed by atoms with Gasteiger partial charge in [-0.1, -0.05) is 12.1 Å². The van der Waals surface area contributed by atoms with Crippen LogP contribution in [0.15, 0.2) is 18.2 Å². The lowest BCUT2D eigenvalue weighted by Gasteiger charge is -2.19. The van der Waals surface area contributed by atoms with E-state index in [0.717, 1.165) is 12.8 Å². The molecule has 1 aliphatic rings. The first kappa shape index (κ1) is 12.4. The predicted octanol–water partition coefficient (Wildman–Crippen LogP) is 3.47. The van der Waals surface area contributed by atoms with Gasteiger partial charge in [0, 0.05) is 0 Å². The summed E-state index contributed by atoms with van der Waals surface area (Å²) >= 11 is 0. The maximum absolute atomic E-state index is 13.7. The third-order valence-electron chi connectivity index (χ3n) is 3.14. The predicted molar refractivity (Wildman–Crippen MR) is 64.8 cm³/mol. The van der Waals surface area contributed by atoms with Crippen molar-refractivity contribution in [3.63, 3.8) is 0 Å². The Morgan fingerprint density at radius 3 is 2.88 bits per heavy atom. The van der Waals surface area contributed by atoms with Gasteiger partial charge in [0.15, 0.2) is 11.6 Å². The van der Waals surface area contributed by atoms with E-state index in [1.54, 1.807) is 25.1 Å². The van der Waals surface area contributed by atoms with Crippen molar-refractivity contribution in [2.24, 2.45) is 0 Å². The SMILES string of the molecule is Cc1cccc(OCC2CCC(C)(C)O2)c1F. The molecule has 0 amide bonds. The van der Waals surface area contributed by atoms with Gasteiger partial charge in [-0.05, 0) is 45.2 Å².